The Bertz CT molecular complexity index is 2090. The number of pyridine rings is 2. The van der Waals surface area contributed by atoms with Crippen LogP contribution < -0.4 is 19.3 Å². The number of ether oxygens (including phenoxy) is 3. The van der Waals surface area contributed by atoms with Crippen molar-refractivity contribution in [3.8, 4) is 28.5 Å². The summed E-state index contributed by atoms with van der Waals surface area (Å²) in [4.78, 5) is 21.8. The summed E-state index contributed by atoms with van der Waals surface area (Å²) < 4.78 is 41.8. The third-order valence-electron chi connectivity index (χ3n) is 7.59. The van der Waals surface area contributed by atoms with E-state index < -0.39 is 21.6 Å². The molecule has 45 heavy (non-hydrogen) atoms. The first-order valence-electron chi connectivity index (χ1n) is 14.4. The Morgan fingerprint density at radius 2 is 1.82 bits per heavy atom. The van der Waals surface area contributed by atoms with Crippen molar-refractivity contribution in [2.45, 2.75) is 57.6 Å². The van der Waals surface area contributed by atoms with Gasteiger partial charge in [0.15, 0.2) is 0 Å². The first-order chi connectivity index (χ1) is 21.3. The standard InChI is InChI=1S/C34H33N3O7S/c1-19-15-25-23(9-10-28(37-25)43-18-20-5-7-22(8-6-20)45(35,40)41)31(24(19)16-29(38)39)32-27(44-34(2,3)4)17-26-30-21(12-14-42-26)11-13-36-33(30)32/h5-11,13,15,17H,12,14,16,18H2,1-4H3,(H,38,39)(H2,35,40,41). The van der Waals surface area contributed by atoms with Crippen molar-refractivity contribution >= 4 is 37.8 Å². The zero-order chi connectivity index (χ0) is 32.1. The van der Waals surface area contributed by atoms with E-state index in [4.69, 9.17) is 29.3 Å². The predicted molar refractivity (Wildman–Crippen MR) is 170 cm³/mol. The molecule has 3 heterocycles. The topological polar surface area (TPSA) is 151 Å². The lowest BCUT2D eigenvalue weighted by Gasteiger charge is -2.28. The third-order valence-corrected chi connectivity index (χ3v) is 8.52. The molecule has 3 aromatic carbocycles. The Labute approximate surface area is 260 Å². The van der Waals surface area contributed by atoms with Crippen molar-refractivity contribution < 1.29 is 32.5 Å². The van der Waals surface area contributed by atoms with Crippen LogP contribution in [0.15, 0.2) is 65.7 Å². The molecule has 10 nitrogen and oxygen atoms in total. The van der Waals surface area contributed by atoms with Crippen molar-refractivity contribution in [3.63, 3.8) is 0 Å². The number of nitrogens with two attached hydrogens (primary N) is 1. The van der Waals surface area contributed by atoms with Crippen LogP contribution >= 0.6 is 0 Å². The van der Waals surface area contributed by atoms with Gasteiger partial charge in [0.05, 0.1) is 34.5 Å². The Morgan fingerprint density at radius 3 is 2.51 bits per heavy atom. The Kier molecular flexibility index (Phi) is 7.62. The Morgan fingerprint density at radius 1 is 1.07 bits per heavy atom. The fourth-order valence-corrected chi connectivity index (χ4v) is 6.21. The molecule has 1 aliphatic rings. The minimum absolute atomic E-state index is 0.0183. The first-order valence-corrected chi connectivity index (χ1v) is 16.0. The highest BCUT2D eigenvalue weighted by Crippen LogP contribution is 2.48. The predicted octanol–water partition coefficient (Wildman–Crippen LogP) is 5.72. The molecule has 0 saturated carbocycles. The molecule has 2 aromatic heterocycles. The smallest absolute Gasteiger partial charge is 0.307 e. The molecular weight excluding hydrogens is 594 g/mol. The van der Waals surface area contributed by atoms with Crippen LogP contribution in [0.1, 0.15) is 43.0 Å². The molecule has 0 spiro atoms. The number of fused-ring (bicyclic) bond motifs is 1. The van der Waals surface area contributed by atoms with Crippen molar-refractivity contribution in [1.29, 1.82) is 0 Å². The third kappa shape index (κ3) is 6.13. The molecule has 0 aliphatic carbocycles. The van der Waals surface area contributed by atoms with Crippen LogP contribution in [0.4, 0.5) is 0 Å². The molecule has 0 radical (unpaired) electrons. The van der Waals surface area contributed by atoms with Gasteiger partial charge in [0.1, 0.15) is 23.7 Å². The Balaban J connectivity index is 1.53. The van der Waals surface area contributed by atoms with Gasteiger partial charge in [0.2, 0.25) is 15.9 Å². The SMILES string of the molecule is Cc1cc2nc(OCc3ccc(S(N)(=O)=O)cc3)ccc2c(-c2c(OC(C)(C)C)cc3c4c(ccnc24)CCO3)c1CC(=O)O. The van der Waals surface area contributed by atoms with Gasteiger partial charge in [-0.3, -0.25) is 9.78 Å². The number of aryl methyl sites for hydroxylation is 1. The fraction of sp³-hybridized carbons (Fsp3) is 0.265. The maximum absolute atomic E-state index is 12.2. The fourth-order valence-electron chi connectivity index (χ4n) is 5.70. The molecule has 3 N–H and O–H groups in total. The van der Waals surface area contributed by atoms with Crippen LogP contribution in [0.5, 0.6) is 17.4 Å². The molecule has 0 bridgehead atoms. The average molecular weight is 628 g/mol. The number of benzene rings is 3. The van der Waals surface area contributed by atoms with E-state index in [1.165, 1.54) is 12.1 Å². The first kappa shape index (κ1) is 30.3. The summed E-state index contributed by atoms with van der Waals surface area (Å²) in [5, 5.41) is 16.8. The normalized spacial score (nSPS) is 13.1. The molecule has 5 aromatic rings. The van der Waals surface area contributed by atoms with E-state index in [1.807, 2.05) is 52.0 Å². The van der Waals surface area contributed by atoms with E-state index in [-0.39, 0.29) is 17.9 Å². The van der Waals surface area contributed by atoms with E-state index >= 15 is 0 Å². The van der Waals surface area contributed by atoms with Crippen LogP contribution in [-0.2, 0) is 34.3 Å². The average Bonchev–Trinajstić information content (AvgIpc) is 2.96. The molecular formula is C34H33N3O7S. The van der Waals surface area contributed by atoms with Crippen LogP contribution in [0, 0.1) is 6.92 Å². The summed E-state index contributed by atoms with van der Waals surface area (Å²) in [5.74, 6) is 0.615. The monoisotopic (exact) mass is 627 g/mol. The second-order valence-electron chi connectivity index (χ2n) is 12.1. The van der Waals surface area contributed by atoms with Gasteiger partial charge in [-0.05, 0) is 80.3 Å². The number of hydrogen-bond donors (Lipinski definition) is 2. The molecule has 11 heteroatoms. The number of sulfonamides is 1. The number of carboxylic acid groups (broad SMARTS) is 1. The molecule has 1 aliphatic heterocycles. The molecule has 0 saturated heterocycles. The van der Waals surface area contributed by atoms with E-state index in [9.17, 15) is 18.3 Å². The summed E-state index contributed by atoms with van der Waals surface area (Å²) in [5.41, 5.74) is 5.31. The van der Waals surface area contributed by atoms with Crippen molar-refractivity contribution in [1.82, 2.24) is 9.97 Å². The van der Waals surface area contributed by atoms with Gasteiger partial charge in [0, 0.05) is 41.1 Å². The number of carboxylic acids is 1. The van der Waals surface area contributed by atoms with E-state index in [0.29, 0.717) is 51.7 Å². The molecule has 0 unspecified atom stereocenters. The van der Waals surface area contributed by atoms with Crippen LogP contribution in [-0.4, -0.2) is 41.7 Å². The number of primary sulfonamides is 1. The zero-order valence-electron chi connectivity index (χ0n) is 25.4. The van der Waals surface area contributed by atoms with Gasteiger partial charge in [-0.25, -0.2) is 18.5 Å². The van der Waals surface area contributed by atoms with Crippen molar-refractivity contribution in [3.05, 3.63) is 83.0 Å². The lowest BCUT2D eigenvalue weighted by Crippen LogP contribution is -2.24. The molecule has 0 fully saturated rings. The minimum Gasteiger partial charge on any atom is -0.492 e. The molecule has 0 atom stereocenters. The highest BCUT2D eigenvalue weighted by Gasteiger charge is 2.28. The molecule has 0 amide bonds. The highest BCUT2D eigenvalue weighted by atomic mass is 32.2. The quantitative estimate of drug-likeness (QED) is 0.220. The van der Waals surface area contributed by atoms with E-state index in [0.717, 1.165) is 33.9 Å². The summed E-state index contributed by atoms with van der Waals surface area (Å²) in [6, 6.07) is 15.5. The second kappa shape index (κ2) is 11.3. The van der Waals surface area contributed by atoms with Crippen molar-refractivity contribution in [2.24, 2.45) is 5.14 Å². The number of aromatic nitrogens is 2. The van der Waals surface area contributed by atoms with Gasteiger partial charge < -0.3 is 19.3 Å². The Hall–Kier alpha value is -4.74. The zero-order valence-corrected chi connectivity index (χ0v) is 26.2. The van der Waals surface area contributed by atoms with Crippen molar-refractivity contribution in [2.75, 3.05) is 6.61 Å². The van der Waals surface area contributed by atoms with Crippen LogP contribution in [0.3, 0.4) is 0 Å². The molecule has 232 valence electrons. The van der Waals surface area contributed by atoms with Crippen LogP contribution in [0.25, 0.3) is 32.9 Å². The maximum atomic E-state index is 12.2. The number of nitrogens with zero attached hydrogens (tertiary/aromatic N) is 2. The van der Waals surface area contributed by atoms with Gasteiger partial charge in [-0.2, -0.15) is 0 Å². The summed E-state index contributed by atoms with van der Waals surface area (Å²) in [7, 11) is -3.79. The second-order valence-corrected chi connectivity index (χ2v) is 13.6. The largest absolute Gasteiger partial charge is 0.492 e. The lowest BCUT2D eigenvalue weighted by atomic mass is 9.87. The van der Waals surface area contributed by atoms with Gasteiger partial charge in [-0.1, -0.05) is 12.1 Å². The number of rotatable bonds is 8. The summed E-state index contributed by atoms with van der Waals surface area (Å²) >= 11 is 0. The highest BCUT2D eigenvalue weighted by molar-refractivity contribution is 7.89. The minimum atomic E-state index is -3.79. The molecule has 6 rings (SSSR count). The van der Waals surface area contributed by atoms with Gasteiger partial charge in [0.25, 0.3) is 0 Å². The number of carbonyl (C=O) groups is 1. The van der Waals surface area contributed by atoms with Crippen LogP contribution in [0.2, 0.25) is 0 Å². The van der Waals surface area contributed by atoms with Gasteiger partial charge >= 0.3 is 5.97 Å². The number of aliphatic carboxylic acids is 1. The number of hydrogen-bond acceptors (Lipinski definition) is 8. The van der Waals surface area contributed by atoms with E-state index in [1.54, 1.807) is 24.4 Å². The van der Waals surface area contributed by atoms with Gasteiger partial charge in [-0.15, -0.1) is 0 Å². The van der Waals surface area contributed by atoms with E-state index in [2.05, 4.69) is 0 Å². The maximum Gasteiger partial charge on any atom is 0.307 e. The summed E-state index contributed by atoms with van der Waals surface area (Å²) in [6.07, 6.45) is 2.29. The lowest BCUT2D eigenvalue weighted by molar-refractivity contribution is -0.136. The summed E-state index contributed by atoms with van der Waals surface area (Å²) in [6.45, 7) is 8.43.